The average Bonchev–Trinajstić information content (AvgIpc) is 2.78. The molecule has 1 aliphatic rings. The number of hydrogen-bond donors (Lipinski definition) is 2. The minimum atomic E-state index is -3.60. The standard InChI is InChI=1S/C21H26N4O4S/c26-20(8-11-24-30(27,28)16-9-18-5-2-1-3-6-18)23-17-19-7-4-10-22-21(19)25-12-14-29-15-13-25/h1-7,9-10,16,24H,8,11-15,17H2,(H,23,26)/b16-9+. The van der Waals surface area contributed by atoms with Gasteiger partial charge in [0.1, 0.15) is 5.82 Å². The third-order valence-electron chi connectivity index (χ3n) is 4.55. The highest BCUT2D eigenvalue weighted by Crippen LogP contribution is 2.18. The Kier molecular flexibility index (Phi) is 7.95. The van der Waals surface area contributed by atoms with E-state index in [0.717, 1.165) is 35.4 Å². The van der Waals surface area contributed by atoms with E-state index in [1.54, 1.807) is 6.20 Å². The number of anilines is 1. The number of carbonyl (C=O) groups is 1. The van der Waals surface area contributed by atoms with Gasteiger partial charge in [0.05, 0.1) is 13.2 Å². The monoisotopic (exact) mass is 430 g/mol. The first-order chi connectivity index (χ1) is 14.5. The van der Waals surface area contributed by atoms with Gasteiger partial charge in [0.2, 0.25) is 15.9 Å². The Balaban J connectivity index is 1.45. The summed E-state index contributed by atoms with van der Waals surface area (Å²) in [5.74, 6) is 0.606. The first-order valence-corrected chi connectivity index (χ1v) is 11.3. The van der Waals surface area contributed by atoms with Crippen molar-refractivity contribution in [1.29, 1.82) is 0 Å². The average molecular weight is 431 g/mol. The van der Waals surface area contributed by atoms with Gasteiger partial charge in [0, 0.05) is 49.8 Å². The zero-order valence-corrected chi connectivity index (χ0v) is 17.5. The predicted octanol–water partition coefficient (Wildman–Crippen LogP) is 1.51. The molecule has 30 heavy (non-hydrogen) atoms. The van der Waals surface area contributed by atoms with E-state index in [1.165, 1.54) is 6.08 Å². The molecule has 9 heteroatoms. The van der Waals surface area contributed by atoms with E-state index in [2.05, 4.69) is 19.9 Å². The van der Waals surface area contributed by atoms with Crippen LogP contribution in [0.2, 0.25) is 0 Å². The highest BCUT2D eigenvalue weighted by atomic mass is 32.2. The lowest BCUT2D eigenvalue weighted by atomic mass is 10.2. The second kappa shape index (κ2) is 10.9. The van der Waals surface area contributed by atoms with Crippen molar-refractivity contribution in [2.45, 2.75) is 13.0 Å². The van der Waals surface area contributed by atoms with Crippen molar-refractivity contribution in [3.05, 3.63) is 65.2 Å². The number of sulfonamides is 1. The summed E-state index contributed by atoms with van der Waals surface area (Å²) in [5.41, 5.74) is 1.70. The molecule has 1 saturated heterocycles. The molecule has 0 radical (unpaired) electrons. The van der Waals surface area contributed by atoms with E-state index in [-0.39, 0.29) is 18.9 Å². The second-order valence-corrected chi connectivity index (χ2v) is 8.42. The lowest BCUT2D eigenvalue weighted by molar-refractivity contribution is -0.121. The number of benzene rings is 1. The van der Waals surface area contributed by atoms with Crippen LogP contribution in [0.15, 0.2) is 54.1 Å². The number of hydrogen-bond acceptors (Lipinski definition) is 6. The number of ether oxygens (including phenoxy) is 1. The summed E-state index contributed by atoms with van der Waals surface area (Å²) in [6, 6.07) is 12.9. The first-order valence-electron chi connectivity index (χ1n) is 9.79. The molecule has 2 heterocycles. The fourth-order valence-electron chi connectivity index (χ4n) is 3.00. The number of morpholine rings is 1. The van der Waals surface area contributed by atoms with Gasteiger partial charge < -0.3 is 15.0 Å². The molecule has 1 amide bonds. The van der Waals surface area contributed by atoms with Gasteiger partial charge in [-0.2, -0.15) is 0 Å². The molecule has 2 N–H and O–H groups in total. The van der Waals surface area contributed by atoms with Gasteiger partial charge in [-0.3, -0.25) is 4.79 Å². The van der Waals surface area contributed by atoms with E-state index in [4.69, 9.17) is 4.74 Å². The van der Waals surface area contributed by atoms with Gasteiger partial charge in [-0.25, -0.2) is 18.1 Å². The number of nitrogens with one attached hydrogen (secondary N) is 2. The Morgan fingerprint density at radius 3 is 2.67 bits per heavy atom. The summed E-state index contributed by atoms with van der Waals surface area (Å²) in [6.45, 7) is 3.19. The first kappa shape index (κ1) is 21.9. The van der Waals surface area contributed by atoms with Crippen LogP contribution in [0.1, 0.15) is 17.5 Å². The maximum absolute atomic E-state index is 12.2. The molecule has 1 aliphatic heterocycles. The van der Waals surface area contributed by atoms with Gasteiger partial charge in [-0.05, 0) is 17.7 Å². The third-order valence-corrected chi connectivity index (χ3v) is 5.65. The van der Waals surface area contributed by atoms with Crippen molar-refractivity contribution in [1.82, 2.24) is 15.0 Å². The van der Waals surface area contributed by atoms with Crippen LogP contribution in [-0.2, 0) is 26.1 Å². The zero-order valence-electron chi connectivity index (χ0n) is 16.7. The Hall–Kier alpha value is -2.75. The highest BCUT2D eigenvalue weighted by molar-refractivity contribution is 7.92. The number of carbonyl (C=O) groups excluding carboxylic acids is 1. The summed E-state index contributed by atoms with van der Waals surface area (Å²) in [6.07, 6.45) is 3.29. The Morgan fingerprint density at radius 1 is 1.13 bits per heavy atom. The summed E-state index contributed by atoms with van der Waals surface area (Å²) in [5, 5.41) is 3.93. The largest absolute Gasteiger partial charge is 0.378 e. The molecular formula is C21H26N4O4S. The van der Waals surface area contributed by atoms with Crippen molar-refractivity contribution in [2.75, 3.05) is 37.7 Å². The molecule has 1 aromatic carbocycles. The van der Waals surface area contributed by atoms with E-state index in [0.29, 0.717) is 19.8 Å². The Labute approximate surface area is 177 Å². The van der Waals surface area contributed by atoms with Gasteiger partial charge in [-0.15, -0.1) is 0 Å². The van der Waals surface area contributed by atoms with Crippen molar-refractivity contribution in [2.24, 2.45) is 0 Å². The molecule has 2 aromatic rings. The molecule has 3 rings (SSSR count). The summed E-state index contributed by atoms with van der Waals surface area (Å²) in [7, 11) is -3.60. The van der Waals surface area contributed by atoms with Gasteiger partial charge in [-0.1, -0.05) is 36.4 Å². The highest BCUT2D eigenvalue weighted by Gasteiger charge is 2.16. The summed E-state index contributed by atoms with van der Waals surface area (Å²) >= 11 is 0. The second-order valence-electron chi connectivity index (χ2n) is 6.77. The number of aromatic nitrogens is 1. The summed E-state index contributed by atoms with van der Waals surface area (Å²) < 4.78 is 31.8. The maximum atomic E-state index is 12.2. The molecule has 1 fully saturated rings. The smallest absolute Gasteiger partial charge is 0.233 e. The van der Waals surface area contributed by atoms with Crippen LogP contribution in [0.25, 0.3) is 6.08 Å². The van der Waals surface area contributed by atoms with Gasteiger partial charge in [0.15, 0.2) is 0 Å². The Morgan fingerprint density at radius 2 is 1.90 bits per heavy atom. The van der Waals surface area contributed by atoms with Crippen LogP contribution >= 0.6 is 0 Å². The minimum absolute atomic E-state index is 0.0245. The predicted molar refractivity (Wildman–Crippen MR) is 116 cm³/mol. The Bertz CT molecular complexity index is 958. The summed E-state index contributed by atoms with van der Waals surface area (Å²) in [4.78, 5) is 18.7. The lowest BCUT2D eigenvalue weighted by Crippen LogP contribution is -2.38. The van der Waals surface area contributed by atoms with Crippen LogP contribution in [0.4, 0.5) is 5.82 Å². The molecule has 160 valence electrons. The third kappa shape index (κ3) is 6.94. The quantitative estimate of drug-likeness (QED) is 0.626. The van der Waals surface area contributed by atoms with Crippen LogP contribution in [0, 0.1) is 0 Å². The normalized spacial score (nSPS) is 14.7. The molecule has 0 saturated carbocycles. The van der Waals surface area contributed by atoms with Crippen LogP contribution in [0.5, 0.6) is 0 Å². The molecule has 0 bridgehead atoms. The molecule has 8 nitrogen and oxygen atoms in total. The molecule has 0 atom stereocenters. The maximum Gasteiger partial charge on any atom is 0.233 e. The molecule has 1 aromatic heterocycles. The number of amides is 1. The fraction of sp³-hybridized carbons (Fsp3) is 0.333. The van der Waals surface area contributed by atoms with Crippen molar-refractivity contribution in [3.8, 4) is 0 Å². The van der Waals surface area contributed by atoms with Crippen molar-refractivity contribution in [3.63, 3.8) is 0 Å². The molecule has 0 spiro atoms. The zero-order chi connectivity index (χ0) is 21.2. The van der Waals surface area contributed by atoms with Gasteiger partial charge >= 0.3 is 0 Å². The SMILES string of the molecule is O=C(CCNS(=O)(=O)/C=C/c1ccccc1)NCc1cccnc1N1CCOCC1. The molecular weight excluding hydrogens is 404 g/mol. The molecule has 0 aliphatic carbocycles. The van der Waals surface area contributed by atoms with E-state index in [1.807, 2.05) is 42.5 Å². The van der Waals surface area contributed by atoms with Crippen LogP contribution in [0.3, 0.4) is 0 Å². The van der Waals surface area contributed by atoms with Crippen molar-refractivity contribution >= 4 is 27.8 Å². The lowest BCUT2D eigenvalue weighted by Gasteiger charge is -2.29. The molecule has 0 unspecified atom stereocenters. The number of rotatable bonds is 9. The topological polar surface area (TPSA) is 101 Å². The minimum Gasteiger partial charge on any atom is -0.378 e. The van der Waals surface area contributed by atoms with Gasteiger partial charge in [0.25, 0.3) is 0 Å². The van der Waals surface area contributed by atoms with Crippen LogP contribution in [-0.4, -0.2) is 52.2 Å². The van der Waals surface area contributed by atoms with Crippen LogP contribution < -0.4 is 14.9 Å². The van der Waals surface area contributed by atoms with Crippen molar-refractivity contribution < 1.29 is 17.9 Å². The number of nitrogens with zero attached hydrogens (tertiary/aromatic N) is 2. The fourth-order valence-corrected chi connectivity index (χ4v) is 3.82. The van der Waals surface area contributed by atoms with E-state index in [9.17, 15) is 13.2 Å². The number of pyridine rings is 1. The van der Waals surface area contributed by atoms with E-state index < -0.39 is 10.0 Å². The van der Waals surface area contributed by atoms with E-state index >= 15 is 0 Å².